The molecule has 0 bridgehead atoms. The van der Waals surface area contributed by atoms with Crippen LogP contribution in [-0.4, -0.2) is 42.9 Å². The van der Waals surface area contributed by atoms with Crippen LogP contribution in [-0.2, 0) is 14.3 Å². The summed E-state index contributed by atoms with van der Waals surface area (Å²) in [5.41, 5.74) is 0. The highest BCUT2D eigenvalue weighted by Gasteiger charge is 2.37. The van der Waals surface area contributed by atoms with Crippen molar-refractivity contribution in [1.29, 1.82) is 0 Å². The van der Waals surface area contributed by atoms with Crippen LogP contribution in [0, 0.1) is 11.8 Å². The van der Waals surface area contributed by atoms with Crippen molar-refractivity contribution in [3.05, 3.63) is 0 Å². The normalized spacial score (nSPS) is 23.3. The molecule has 8 heteroatoms. The number of hydrogen-bond donors (Lipinski definition) is 2. The number of amides is 1. The van der Waals surface area contributed by atoms with Crippen LogP contribution in [0.5, 0.6) is 0 Å². The van der Waals surface area contributed by atoms with Gasteiger partial charge >= 0.3 is 12.1 Å². The molecule has 2 N–H and O–H groups in total. The summed E-state index contributed by atoms with van der Waals surface area (Å²) in [6, 6.07) is 0. The first-order valence-corrected chi connectivity index (χ1v) is 5.96. The van der Waals surface area contributed by atoms with Crippen molar-refractivity contribution in [3.8, 4) is 0 Å². The van der Waals surface area contributed by atoms with E-state index in [2.05, 4.69) is 10.1 Å². The Labute approximate surface area is 108 Å². The molecule has 5 nitrogen and oxygen atoms in total. The van der Waals surface area contributed by atoms with E-state index in [1.165, 1.54) is 0 Å². The molecule has 2 atom stereocenters. The zero-order chi connectivity index (χ0) is 14.5. The first kappa shape index (κ1) is 15.7. The Morgan fingerprint density at radius 2 is 1.89 bits per heavy atom. The summed E-state index contributed by atoms with van der Waals surface area (Å²) in [7, 11) is 0. The van der Waals surface area contributed by atoms with Crippen LogP contribution in [0.15, 0.2) is 0 Å². The second kappa shape index (κ2) is 6.74. The average molecular weight is 283 g/mol. The van der Waals surface area contributed by atoms with Gasteiger partial charge in [-0.15, -0.1) is 0 Å². The lowest BCUT2D eigenvalue weighted by Crippen LogP contribution is -2.37. The van der Waals surface area contributed by atoms with E-state index in [0.29, 0.717) is 19.3 Å². The summed E-state index contributed by atoms with van der Waals surface area (Å²) in [5.74, 6) is -2.73. The number of ether oxygens (including phenoxy) is 1. The van der Waals surface area contributed by atoms with Gasteiger partial charge in [-0.2, -0.15) is 13.2 Å². The molecule has 1 amide bonds. The molecule has 1 aliphatic carbocycles. The van der Waals surface area contributed by atoms with E-state index in [0.717, 1.165) is 0 Å². The first-order valence-electron chi connectivity index (χ1n) is 5.96. The van der Waals surface area contributed by atoms with Crippen molar-refractivity contribution in [2.75, 3.05) is 19.8 Å². The van der Waals surface area contributed by atoms with Crippen molar-refractivity contribution >= 4 is 11.9 Å². The fourth-order valence-corrected chi connectivity index (χ4v) is 2.13. The topological polar surface area (TPSA) is 75.6 Å². The maximum absolute atomic E-state index is 11.7. The van der Waals surface area contributed by atoms with Gasteiger partial charge in [-0.25, -0.2) is 0 Å². The Kier molecular flexibility index (Phi) is 5.59. The smallest absolute Gasteiger partial charge is 0.411 e. The highest BCUT2D eigenvalue weighted by Crippen LogP contribution is 2.31. The fourth-order valence-electron chi connectivity index (χ4n) is 2.13. The molecule has 19 heavy (non-hydrogen) atoms. The third-order valence-corrected chi connectivity index (χ3v) is 2.98. The molecule has 1 aliphatic rings. The molecule has 1 saturated carbocycles. The molecular weight excluding hydrogens is 267 g/mol. The molecule has 1 fully saturated rings. The fraction of sp³-hybridized carbons (Fsp3) is 0.818. The summed E-state index contributed by atoms with van der Waals surface area (Å²) < 4.78 is 39.6. The average Bonchev–Trinajstić information content (AvgIpc) is 2.75. The van der Waals surface area contributed by atoms with E-state index in [1.807, 2.05) is 0 Å². The minimum absolute atomic E-state index is 0.0578. The number of carbonyl (C=O) groups is 2. The monoisotopic (exact) mass is 283 g/mol. The number of carboxylic acid groups (broad SMARTS) is 1. The van der Waals surface area contributed by atoms with E-state index < -0.39 is 36.5 Å². The lowest BCUT2D eigenvalue weighted by molar-refractivity contribution is -0.173. The molecule has 110 valence electrons. The van der Waals surface area contributed by atoms with Crippen molar-refractivity contribution in [1.82, 2.24) is 5.32 Å². The highest BCUT2D eigenvalue weighted by molar-refractivity contribution is 5.85. The Hall–Kier alpha value is -1.31. The Bertz CT molecular complexity index is 332. The highest BCUT2D eigenvalue weighted by atomic mass is 19.4. The maximum Gasteiger partial charge on any atom is 0.411 e. The second-order valence-electron chi connectivity index (χ2n) is 4.44. The SMILES string of the molecule is O=C(O)C1CCCC1C(=O)NCCOCC(F)(F)F. The van der Waals surface area contributed by atoms with Gasteiger partial charge in [-0.1, -0.05) is 6.42 Å². The van der Waals surface area contributed by atoms with Gasteiger partial charge in [-0.05, 0) is 12.8 Å². The molecule has 0 spiro atoms. The largest absolute Gasteiger partial charge is 0.481 e. The van der Waals surface area contributed by atoms with Gasteiger partial charge in [0.15, 0.2) is 0 Å². The molecular formula is C11H16F3NO4. The van der Waals surface area contributed by atoms with E-state index in [1.54, 1.807) is 0 Å². The van der Waals surface area contributed by atoms with Gasteiger partial charge in [0.05, 0.1) is 18.4 Å². The third-order valence-electron chi connectivity index (χ3n) is 2.98. The maximum atomic E-state index is 11.7. The summed E-state index contributed by atoms with van der Waals surface area (Å²) in [6.45, 7) is -1.67. The quantitative estimate of drug-likeness (QED) is 0.718. The Morgan fingerprint density at radius 1 is 1.26 bits per heavy atom. The lowest BCUT2D eigenvalue weighted by Gasteiger charge is -2.15. The number of carboxylic acids is 1. The zero-order valence-electron chi connectivity index (χ0n) is 10.2. The van der Waals surface area contributed by atoms with Crippen LogP contribution >= 0.6 is 0 Å². The van der Waals surface area contributed by atoms with Crippen LogP contribution in [0.2, 0.25) is 0 Å². The van der Waals surface area contributed by atoms with Crippen molar-refractivity contribution in [3.63, 3.8) is 0 Å². The number of carbonyl (C=O) groups excluding carboxylic acids is 1. The minimum Gasteiger partial charge on any atom is -0.481 e. The molecule has 2 unspecified atom stereocenters. The molecule has 0 aromatic rings. The number of hydrogen-bond acceptors (Lipinski definition) is 3. The molecule has 0 saturated heterocycles. The van der Waals surface area contributed by atoms with Crippen LogP contribution in [0.25, 0.3) is 0 Å². The van der Waals surface area contributed by atoms with E-state index in [4.69, 9.17) is 5.11 Å². The van der Waals surface area contributed by atoms with Crippen molar-refractivity contribution in [2.24, 2.45) is 11.8 Å². The molecule has 0 heterocycles. The third kappa shape index (κ3) is 5.46. The molecule has 0 aromatic carbocycles. The summed E-state index contributed by atoms with van der Waals surface area (Å²) >= 11 is 0. The van der Waals surface area contributed by atoms with Gasteiger partial charge < -0.3 is 15.2 Å². The standard InChI is InChI=1S/C11H16F3NO4/c12-11(13,14)6-19-5-4-15-9(16)7-2-1-3-8(7)10(17)18/h7-8H,1-6H2,(H,15,16)(H,17,18). The van der Waals surface area contributed by atoms with E-state index in [9.17, 15) is 22.8 Å². The molecule has 0 aliphatic heterocycles. The first-order chi connectivity index (χ1) is 8.81. The number of alkyl halides is 3. The second-order valence-corrected chi connectivity index (χ2v) is 4.44. The van der Waals surface area contributed by atoms with E-state index in [-0.39, 0.29) is 13.2 Å². The van der Waals surface area contributed by atoms with Crippen LogP contribution in [0.4, 0.5) is 13.2 Å². The van der Waals surface area contributed by atoms with Crippen molar-refractivity contribution in [2.45, 2.75) is 25.4 Å². The van der Waals surface area contributed by atoms with Gasteiger partial charge in [0.2, 0.25) is 5.91 Å². The van der Waals surface area contributed by atoms with Gasteiger partial charge in [0, 0.05) is 6.54 Å². The molecule has 1 rings (SSSR count). The Morgan fingerprint density at radius 3 is 2.47 bits per heavy atom. The Balaban J connectivity index is 2.22. The van der Waals surface area contributed by atoms with Crippen LogP contribution in [0.1, 0.15) is 19.3 Å². The number of rotatable bonds is 6. The summed E-state index contributed by atoms with van der Waals surface area (Å²) in [4.78, 5) is 22.5. The molecule has 0 aromatic heterocycles. The predicted molar refractivity (Wildman–Crippen MR) is 58.4 cm³/mol. The van der Waals surface area contributed by atoms with Gasteiger partial charge in [-0.3, -0.25) is 9.59 Å². The number of aliphatic carboxylic acids is 1. The minimum atomic E-state index is -4.39. The van der Waals surface area contributed by atoms with Gasteiger partial charge in [0.25, 0.3) is 0 Å². The zero-order valence-corrected chi connectivity index (χ0v) is 10.2. The number of halogens is 3. The molecule has 0 radical (unpaired) electrons. The van der Waals surface area contributed by atoms with Crippen LogP contribution in [0.3, 0.4) is 0 Å². The summed E-state index contributed by atoms with van der Waals surface area (Å²) in [6.07, 6.45) is -2.77. The number of nitrogens with one attached hydrogen (secondary N) is 1. The van der Waals surface area contributed by atoms with E-state index >= 15 is 0 Å². The van der Waals surface area contributed by atoms with Crippen molar-refractivity contribution < 1.29 is 32.6 Å². The van der Waals surface area contributed by atoms with Gasteiger partial charge in [0.1, 0.15) is 6.61 Å². The van der Waals surface area contributed by atoms with Crippen LogP contribution < -0.4 is 5.32 Å². The predicted octanol–water partition coefficient (Wildman–Crippen LogP) is 1.18. The summed E-state index contributed by atoms with van der Waals surface area (Å²) in [5, 5.41) is 11.3. The lowest BCUT2D eigenvalue weighted by atomic mass is 9.95.